The van der Waals surface area contributed by atoms with Crippen LogP contribution in [0.1, 0.15) is 30.6 Å². The maximum absolute atomic E-state index is 8.36. The van der Waals surface area contributed by atoms with E-state index in [4.69, 9.17) is 55.5 Å². The van der Waals surface area contributed by atoms with E-state index in [1.165, 1.54) is 11.8 Å². The highest BCUT2D eigenvalue weighted by Gasteiger charge is 2.19. The summed E-state index contributed by atoms with van der Waals surface area (Å²) in [5.41, 5.74) is 0.983. The Morgan fingerprint density at radius 3 is 2.78 bits per heavy atom. The van der Waals surface area contributed by atoms with E-state index in [1.54, 1.807) is 18.6 Å². The smallest absolute Gasteiger partial charge is 0.291 e. The summed E-state index contributed by atoms with van der Waals surface area (Å²) in [5.74, 6) is 0. The van der Waals surface area contributed by atoms with Crippen LogP contribution in [0.4, 0.5) is 0 Å². The van der Waals surface area contributed by atoms with E-state index in [0.29, 0.717) is 27.6 Å². The molecule has 0 aliphatic carbocycles. The molecule has 1 aromatic carbocycles. The van der Waals surface area contributed by atoms with Crippen LogP contribution in [0.2, 0.25) is 10.0 Å². The van der Waals surface area contributed by atoms with E-state index in [0.717, 1.165) is 18.4 Å². The van der Waals surface area contributed by atoms with Crippen molar-refractivity contribution in [3.63, 3.8) is 0 Å². The zero-order chi connectivity index (χ0) is 20.2. The van der Waals surface area contributed by atoms with Gasteiger partial charge < -0.3 is 14.5 Å². The van der Waals surface area contributed by atoms with Gasteiger partial charge in [0.2, 0.25) is 4.38 Å². The van der Waals surface area contributed by atoms with Gasteiger partial charge in [0.1, 0.15) is 0 Å². The predicted octanol–water partition coefficient (Wildman–Crippen LogP) is 5.42. The fourth-order valence-corrected chi connectivity index (χ4v) is 4.00. The first kappa shape index (κ1) is 23.5. The molecule has 1 atom stereocenters. The van der Waals surface area contributed by atoms with Gasteiger partial charge in [0.15, 0.2) is 0 Å². The highest BCUT2D eigenvalue weighted by atomic mass is 35.5. The summed E-state index contributed by atoms with van der Waals surface area (Å²) in [7, 11) is 0. The molecule has 0 aliphatic rings. The van der Waals surface area contributed by atoms with E-state index < -0.39 is 5.09 Å². The Morgan fingerprint density at radius 2 is 2.22 bits per heavy atom. The molecule has 2 rings (SSSR count). The second-order valence-corrected chi connectivity index (χ2v) is 7.87. The van der Waals surface area contributed by atoms with Crippen molar-refractivity contribution < 1.29 is 15.0 Å². The van der Waals surface area contributed by atoms with E-state index >= 15 is 0 Å². The summed E-state index contributed by atoms with van der Waals surface area (Å²) in [6.07, 6.45) is 7.52. The maximum Gasteiger partial charge on any atom is 0.291 e. The minimum Gasteiger partial charge on any atom is -0.479 e. The Hall–Kier alpha value is -1.55. The number of hydrogen-bond donors (Lipinski definition) is 1. The average molecular weight is 452 g/mol. The van der Waals surface area contributed by atoms with Crippen molar-refractivity contribution in [3.8, 4) is 0 Å². The number of imidazole rings is 1. The Balaban J connectivity index is 0.000000828. The number of benzene rings is 1. The number of ether oxygens (including phenoxy) is 1. The number of nitrogens with zero attached hydrogens (tertiary/aromatic N) is 3. The lowest BCUT2D eigenvalue weighted by atomic mass is 10.1. The molecule has 1 aromatic heterocycles. The van der Waals surface area contributed by atoms with Gasteiger partial charge in [0, 0.05) is 29.0 Å². The van der Waals surface area contributed by atoms with Gasteiger partial charge in [0.05, 0.1) is 18.2 Å². The van der Waals surface area contributed by atoms with Gasteiger partial charge in [-0.1, -0.05) is 54.4 Å². The summed E-state index contributed by atoms with van der Waals surface area (Å²) < 4.78 is 8.15. The number of thioether (sulfide) groups is 1. The Bertz CT molecular complexity index is 728. The minimum absolute atomic E-state index is 0.0306. The number of thiocarbonyl (C=S) groups is 1. The van der Waals surface area contributed by atoms with Crippen molar-refractivity contribution in [2.45, 2.75) is 31.6 Å². The molecule has 0 amide bonds. The lowest BCUT2D eigenvalue weighted by Gasteiger charge is -2.19. The van der Waals surface area contributed by atoms with Crippen LogP contribution in [0.15, 0.2) is 36.9 Å². The van der Waals surface area contributed by atoms with Crippen LogP contribution in [0.5, 0.6) is 0 Å². The quantitative estimate of drug-likeness (QED) is 0.260. The number of halogens is 2. The van der Waals surface area contributed by atoms with E-state index in [9.17, 15) is 0 Å². The zero-order valence-corrected chi connectivity index (χ0v) is 17.6. The van der Waals surface area contributed by atoms with Crippen molar-refractivity contribution in [2.24, 2.45) is 0 Å². The molecule has 0 saturated heterocycles. The second-order valence-electron chi connectivity index (χ2n) is 5.22. The van der Waals surface area contributed by atoms with Crippen molar-refractivity contribution in [1.29, 1.82) is 0 Å². The van der Waals surface area contributed by atoms with Crippen LogP contribution in [-0.4, -0.2) is 30.8 Å². The second kappa shape index (κ2) is 12.8. The highest BCUT2D eigenvalue weighted by Crippen LogP contribution is 2.37. The monoisotopic (exact) mass is 451 g/mol. The lowest BCUT2D eigenvalue weighted by molar-refractivity contribution is -0.742. The minimum atomic E-state index is -1.50. The summed E-state index contributed by atoms with van der Waals surface area (Å²) in [5, 5.41) is 14.9. The van der Waals surface area contributed by atoms with Crippen LogP contribution in [0, 0.1) is 10.1 Å². The molecule has 0 spiro atoms. The highest BCUT2D eigenvalue weighted by molar-refractivity contribution is 8.22. The molecule has 7 nitrogen and oxygen atoms in total. The predicted molar refractivity (Wildman–Crippen MR) is 111 cm³/mol. The van der Waals surface area contributed by atoms with Crippen LogP contribution < -0.4 is 0 Å². The van der Waals surface area contributed by atoms with E-state index in [-0.39, 0.29) is 5.25 Å². The molecule has 0 fully saturated rings. The number of aromatic nitrogens is 2. The zero-order valence-electron chi connectivity index (χ0n) is 14.5. The number of unbranched alkanes of at least 4 members (excludes halogenated alkanes) is 1. The standard InChI is InChI=1S/C16H18Cl2N2OS2.HNO3/c1-2-3-8-21-16(22)23-15(10-20-7-6-19-11-20)13-5-4-12(17)9-14(13)18;2-1(3)4/h4-7,9,11,15H,2-3,8,10H2,1H3;(H,2,3,4). The first-order valence-corrected chi connectivity index (χ1v) is 9.95. The average Bonchev–Trinajstić information content (AvgIpc) is 3.07. The SMILES string of the molecule is CCCCOC(=S)SC(Cn1ccnc1)c1ccc(Cl)cc1Cl.O=[N+]([O-])O. The normalized spacial score (nSPS) is 11.2. The van der Waals surface area contributed by atoms with Crippen molar-refractivity contribution >= 4 is 51.6 Å². The third-order valence-corrected chi connectivity index (χ3v) is 5.17. The number of rotatable bonds is 7. The van der Waals surface area contributed by atoms with Gasteiger partial charge in [-0.15, -0.1) is 10.1 Å². The van der Waals surface area contributed by atoms with E-state index in [2.05, 4.69) is 11.9 Å². The third-order valence-electron chi connectivity index (χ3n) is 3.20. The third kappa shape index (κ3) is 9.81. The van der Waals surface area contributed by atoms with Gasteiger partial charge in [-0.25, -0.2) is 4.98 Å². The van der Waals surface area contributed by atoms with Gasteiger partial charge in [-0.2, -0.15) is 0 Å². The first-order chi connectivity index (χ1) is 12.8. The van der Waals surface area contributed by atoms with Gasteiger partial charge >= 0.3 is 0 Å². The topological polar surface area (TPSA) is 90.4 Å². The summed E-state index contributed by atoms with van der Waals surface area (Å²) in [6, 6.07) is 5.53. The van der Waals surface area contributed by atoms with E-state index in [1.807, 2.05) is 22.9 Å². The Kier molecular flexibility index (Phi) is 11.1. The molecule has 2 aromatic rings. The molecule has 0 saturated carbocycles. The molecular formula is C16H19Cl2N3O4S2. The van der Waals surface area contributed by atoms with Crippen LogP contribution in [0.3, 0.4) is 0 Å². The van der Waals surface area contributed by atoms with Gasteiger partial charge in [0.25, 0.3) is 5.09 Å². The molecule has 0 radical (unpaired) electrons. The largest absolute Gasteiger partial charge is 0.479 e. The van der Waals surface area contributed by atoms with Crippen molar-refractivity contribution in [2.75, 3.05) is 6.61 Å². The fourth-order valence-electron chi connectivity index (χ4n) is 2.00. The lowest BCUT2D eigenvalue weighted by Crippen LogP contribution is -2.09. The molecule has 27 heavy (non-hydrogen) atoms. The molecule has 0 aliphatic heterocycles. The number of hydrogen-bond acceptors (Lipinski definition) is 6. The molecule has 1 N–H and O–H groups in total. The Morgan fingerprint density at radius 1 is 1.52 bits per heavy atom. The van der Waals surface area contributed by atoms with Crippen LogP contribution in [0.25, 0.3) is 0 Å². The van der Waals surface area contributed by atoms with Gasteiger partial charge in [-0.3, -0.25) is 0 Å². The van der Waals surface area contributed by atoms with Crippen molar-refractivity contribution in [1.82, 2.24) is 9.55 Å². The summed E-state index contributed by atoms with van der Waals surface area (Å²) >= 11 is 19.2. The molecule has 1 heterocycles. The molecule has 11 heteroatoms. The summed E-state index contributed by atoms with van der Waals surface area (Å²) in [6.45, 7) is 3.46. The fraction of sp³-hybridized carbons (Fsp3) is 0.375. The summed E-state index contributed by atoms with van der Waals surface area (Å²) in [4.78, 5) is 12.4. The molecule has 148 valence electrons. The molecule has 0 bridgehead atoms. The molecular weight excluding hydrogens is 433 g/mol. The molecule has 1 unspecified atom stereocenters. The van der Waals surface area contributed by atoms with Gasteiger partial charge in [-0.05, 0) is 36.3 Å². The maximum atomic E-state index is 8.36. The van der Waals surface area contributed by atoms with Crippen LogP contribution in [-0.2, 0) is 11.3 Å². The first-order valence-electron chi connectivity index (χ1n) is 7.90. The van der Waals surface area contributed by atoms with Crippen LogP contribution >= 0.6 is 47.2 Å². The Labute approximate surface area is 176 Å². The van der Waals surface area contributed by atoms with Crippen molar-refractivity contribution in [3.05, 3.63) is 62.6 Å².